The van der Waals surface area contributed by atoms with Crippen LogP contribution in [0.15, 0.2) is 103 Å². The third-order valence-corrected chi connectivity index (χ3v) is 5.30. The molecule has 0 aliphatic carbocycles. The maximum Gasteiger partial charge on any atom is 0.379 e. The van der Waals surface area contributed by atoms with Gasteiger partial charge in [0.1, 0.15) is 13.2 Å². The second-order valence-corrected chi connectivity index (χ2v) is 7.76. The minimum absolute atomic E-state index is 0.0289. The summed E-state index contributed by atoms with van der Waals surface area (Å²) in [6.07, 6.45) is 1.47. The Balaban J connectivity index is 1.52. The van der Waals surface area contributed by atoms with Gasteiger partial charge in [-0.25, -0.2) is 9.59 Å². The number of ether oxygens (including phenoxy) is 3. The number of carbonyl (C=O) groups excluding carboxylic acids is 2. The molecule has 0 saturated heterocycles. The Bertz CT molecular complexity index is 1110. The van der Waals surface area contributed by atoms with Gasteiger partial charge in [-0.1, -0.05) is 91.0 Å². The van der Waals surface area contributed by atoms with E-state index in [9.17, 15) is 14.7 Å². The van der Waals surface area contributed by atoms with Crippen LogP contribution in [0.4, 0.5) is 0 Å². The van der Waals surface area contributed by atoms with E-state index in [0.717, 1.165) is 16.7 Å². The first-order valence-corrected chi connectivity index (χ1v) is 10.6. The molecule has 168 valence electrons. The Kier molecular flexibility index (Phi) is 6.86. The van der Waals surface area contributed by atoms with E-state index in [4.69, 9.17) is 14.2 Å². The Labute approximate surface area is 192 Å². The van der Waals surface area contributed by atoms with Gasteiger partial charge in [-0.15, -0.1) is 0 Å². The third kappa shape index (κ3) is 5.67. The van der Waals surface area contributed by atoms with Gasteiger partial charge in [0.25, 0.3) is 0 Å². The summed E-state index contributed by atoms with van der Waals surface area (Å²) in [5.74, 6) is -4.74. The van der Waals surface area contributed by atoms with Crippen LogP contribution in [0.5, 0.6) is 0 Å². The van der Waals surface area contributed by atoms with Gasteiger partial charge < -0.3 is 19.3 Å². The van der Waals surface area contributed by atoms with Gasteiger partial charge in [-0.3, -0.25) is 0 Å². The largest absolute Gasteiger partial charge is 0.456 e. The van der Waals surface area contributed by atoms with Crippen molar-refractivity contribution in [2.45, 2.75) is 31.3 Å². The third-order valence-electron chi connectivity index (χ3n) is 5.30. The van der Waals surface area contributed by atoms with Crippen molar-refractivity contribution < 1.29 is 28.9 Å². The Morgan fingerprint density at radius 3 is 1.91 bits per heavy atom. The molecule has 2 atom stereocenters. The van der Waals surface area contributed by atoms with E-state index in [0.29, 0.717) is 0 Å². The number of esters is 2. The zero-order valence-electron chi connectivity index (χ0n) is 17.9. The quantitative estimate of drug-likeness (QED) is 0.549. The van der Waals surface area contributed by atoms with Crippen molar-refractivity contribution in [2.24, 2.45) is 0 Å². The first-order chi connectivity index (χ1) is 16.0. The lowest BCUT2D eigenvalue weighted by Gasteiger charge is -2.34. The molecule has 6 nitrogen and oxygen atoms in total. The molecule has 0 radical (unpaired) electrons. The molecule has 0 fully saturated rings. The predicted octanol–water partition coefficient (Wildman–Crippen LogP) is 4.25. The van der Waals surface area contributed by atoms with Crippen LogP contribution in [-0.4, -0.2) is 22.8 Å². The van der Waals surface area contributed by atoms with E-state index in [1.165, 1.54) is 0 Å². The van der Waals surface area contributed by atoms with E-state index < -0.39 is 23.6 Å². The molecule has 0 spiro atoms. The Morgan fingerprint density at radius 2 is 1.33 bits per heavy atom. The van der Waals surface area contributed by atoms with Crippen molar-refractivity contribution in [3.63, 3.8) is 0 Å². The van der Waals surface area contributed by atoms with E-state index in [-0.39, 0.29) is 25.4 Å². The highest BCUT2D eigenvalue weighted by Crippen LogP contribution is 2.37. The van der Waals surface area contributed by atoms with Crippen LogP contribution < -0.4 is 0 Å². The SMILES string of the molecule is O=C(OCc1ccccc1)C1=CC(c2ccccc2)CC(O)(C(=O)OCc2ccccc2)O1. The van der Waals surface area contributed by atoms with Gasteiger partial charge in [0.2, 0.25) is 5.76 Å². The molecule has 1 N–H and O–H groups in total. The molecule has 4 rings (SSSR count). The maximum absolute atomic E-state index is 12.8. The molecule has 0 amide bonds. The zero-order valence-corrected chi connectivity index (χ0v) is 17.9. The van der Waals surface area contributed by atoms with Gasteiger partial charge in [0.15, 0.2) is 0 Å². The summed E-state index contributed by atoms with van der Waals surface area (Å²) in [6, 6.07) is 27.6. The van der Waals surface area contributed by atoms with E-state index >= 15 is 0 Å². The highest BCUT2D eigenvalue weighted by Gasteiger charge is 2.47. The molecule has 0 aromatic heterocycles. The number of rotatable bonds is 7. The van der Waals surface area contributed by atoms with Crippen LogP contribution in [-0.2, 0) is 37.0 Å². The molecule has 1 heterocycles. The minimum Gasteiger partial charge on any atom is -0.456 e. The van der Waals surface area contributed by atoms with Crippen molar-refractivity contribution in [3.8, 4) is 0 Å². The summed E-state index contributed by atoms with van der Waals surface area (Å²) in [5.41, 5.74) is 2.39. The lowest BCUT2D eigenvalue weighted by molar-refractivity contribution is -0.225. The van der Waals surface area contributed by atoms with Crippen molar-refractivity contribution in [1.29, 1.82) is 0 Å². The number of hydrogen-bond acceptors (Lipinski definition) is 6. The second-order valence-electron chi connectivity index (χ2n) is 7.76. The van der Waals surface area contributed by atoms with E-state index in [1.54, 1.807) is 18.2 Å². The minimum atomic E-state index is -2.33. The number of benzene rings is 3. The molecule has 0 saturated carbocycles. The van der Waals surface area contributed by atoms with Gasteiger partial charge in [0, 0.05) is 12.3 Å². The molecule has 1 aliphatic rings. The zero-order chi connectivity index (χ0) is 23.1. The molecule has 3 aromatic carbocycles. The Morgan fingerprint density at radius 1 is 0.818 bits per heavy atom. The van der Waals surface area contributed by atoms with Crippen molar-refractivity contribution in [1.82, 2.24) is 0 Å². The van der Waals surface area contributed by atoms with Gasteiger partial charge in [-0.2, -0.15) is 0 Å². The van der Waals surface area contributed by atoms with Gasteiger partial charge in [0.05, 0.1) is 0 Å². The smallest absolute Gasteiger partial charge is 0.379 e. The van der Waals surface area contributed by atoms with Gasteiger partial charge >= 0.3 is 17.7 Å². The number of carbonyl (C=O) groups is 2. The lowest BCUT2D eigenvalue weighted by atomic mass is 9.89. The van der Waals surface area contributed by atoms with Crippen molar-refractivity contribution in [2.75, 3.05) is 0 Å². The summed E-state index contributed by atoms with van der Waals surface area (Å²) < 4.78 is 16.2. The molecule has 3 aromatic rings. The number of aliphatic hydroxyl groups is 1. The Hall–Kier alpha value is -3.90. The monoisotopic (exact) mass is 444 g/mol. The molecule has 2 unspecified atom stereocenters. The lowest BCUT2D eigenvalue weighted by Crippen LogP contribution is -2.46. The highest BCUT2D eigenvalue weighted by molar-refractivity contribution is 5.88. The summed E-state index contributed by atoms with van der Waals surface area (Å²) in [4.78, 5) is 25.6. The fourth-order valence-corrected chi connectivity index (χ4v) is 3.58. The van der Waals surface area contributed by atoms with Crippen LogP contribution in [0.1, 0.15) is 29.0 Å². The highest BCUT2D eigenvalue weighted by atomic mass is 16.7. The number of allylic oxidation sites excluding steroid dienone is 1. The van der Waals surface area contributed by atoms with Crippen LogP contribution in [0.3, 0.4) is 0 Å². The van der Waals surface area contributed by atoms with E-state index in [2.05, 4.69) is 0 Å². The summed E-state index contributed by atoms with van der Waals surface area (Å²) in [7, 11) is 0. The van der Waals surface area contributed by atoms with Gasteiger partial charge in [-0.05, 0) is 22.8 Å². The molecular weight excluding hydrogens is 420 g/mol. The average Bonchev–Trinajstić information content (AvgIpc) is 2.87. The van der Waals surface area contributed by atoms with Crippen LogP contribution in [0.25, 0.3) is 0 Å². The predicted molar refractivity (Wildman–Crippen MR) is 120 cm³/mol. The maximum atomic E-state index is 12.8. The summed E-state index contributed by atoms with van der Waals surface area (Å²) in [5, 5.41) is 11.1. The molecular formula is C27H24O6. The van der Waals surface area contributed by atoms with Crippen LogP contribution >= 0.6 is 0 Å². The van der Waals surface area contributed by atoms with E-state index in [1.807, 2.05) is 78.9 Å². The second kappa shape index (κ2) is 10.1. The van der Waals surface area contributed by atoms with Crippen LogP contribution in [0, 0.1) is 0 Å². The average molecular weight is 444 g/mol. The topological polar surface area (TPSA) is 82.1 Å². The molecule has 6 heteroatoms. The summed E-state index contributed by atoms with van der Waals surface area (Å²) in [6.45, 7) is 0.00606. The molecule has 0 bridgehead atoms. The normalized spacial score (nSPS) is 19.7. The van der Waals surface area contributed by atoms with Crippen molar-refractivity contribution in [3.05, 3.63) is 120 Å². The fourth-order valence-electron chi connectivity index (χ4n) is 3.58. The van der Waals surface area contributed by atoms with Crippen molar-refractivity contribution >= 4 is 11.9 Å². The standard InChI is InChI=1S/C27H24O6/c28-25(31-18-20-10-4-1-5-11-20)24-16-23(22-14-8-3-9-15-22)17-27(30,33-24)26(29)32-19-21-12-6-2-7-13-21/h1-16,23,30H,17-19H2. The first-order valence-electron chi connectivity index (χ1n) is 10.6. The number of hydrogen-bond donors (Lipinski definition) is 1. The first kappa shape index (κ1) is 22.3. The summed E-state index contributed by atoms with van der Waals surface area (Å²) >= 11 is 0. The molecule has 33 heavy (non-hydrogen) atoms. The van der Waals surface area contributed by atoms with Crippen LogP contribution in [0.2, 0.25) is 0 Å². The molecule has 1 aliphatic heterocycles. The fraction of sp³-hybridized carbons (Fsp3) is 0.185.